The number of hydrogen-bond acceptors (Lipinski definition) is 4. The monoisotopic (exact) mass is 392 g/mol. The van der Waals surface area contributed by atoms with E-state index in [9.17, 15) is 14.7 Å². The van der Waals surface area contributed by atoms with Crippen LogP contribution in [-0.4, -0.2) is 28.8 Å². The second kappa shape index (κ2) is 6.27. The Morgan fingerprint density at radius 1 is 1.10 bits per heavy atom. The van der Waals surface area contributed by atoms with Gasteiger partial charge in [0.05, 0.1) is 11.3 Å². The molecule has 1 aliphatic heterocycles. The highest BCUT2D eigenvalue weighted by molar-refractivity contribution is 6.02. The summed E-state index contributed by atoms with van der Waals surface area (Å²) in [6.45, 7) is 1.84. The first-order valence-electron chi connectivity index (χ1n) is 9.53. The number of nitrogens with one attached hydrogen (secondary N) is 2. The molecule has 1 aliphatic carbocycles. The Bertz CT molecular complexity index is 1150. The van der Waals surface area contributed by atoms with Crippen molar-refractivity contribution < 1.29 is 24.2 Å². The third kappa shape index (κ3) is 2.90. The first-order chi connectivity index (χ1) is 14.0. The second-order valence-corrected chi connectivity index (χ2v) is 7.69. The quantitative estimate of drug-likeness (QED) is 0.614. The van der Waals surface area contributed by atoms with Crippen molar-refractivity contribution in [2.45, 2.75) is 31.1 Å². The van der Waals surface area contributed by atoms with Crippen LogP contribution in [0, 0.1) is 0 Å². The summed E-state index contributed by atoms with van der Waals surface area (Å²) in [6, 6.07) is 13.0. The number of carboxylic acids is 1. The van der Waals surface area contributed by atoms with Crippen LogP contribution in [0.15, 0.2) is 42.5 Å². The van der Waals surface area contributed by atoms with Gasteiger partial charge in [0.25, 0.3) is 0 Å². The van der Waals surface area contributed by atoms with Crippen LogP contribution in [-0.2, 0) is 15.0 Å². The van der Waals surface area contributed by atoms with Crippen molar-refractivity contribution in [3.63, 3.8) is 0 Å². The van der Waals surface area contributed by atoms with Crippen molar-refractivity contribution in [2.75, 3.05) is 12.1 Å². The van der Waals surface area contributed by atoms with Crippen LogP contribution < -0.4 is 14.8 Å². The molecule has 1 amide bonds. The van der Waals surface area contributed by atoms with Crippen molar-refractivity contribution in [1.82, 2.24) is 4.98 Å². The Hall–Kier alpha value is -3.48. The number of carbonyl (C=O) groups excluding carboxylic acids is 1. The van der Waals surface area contributed by atoms with Gasteiger partial charge in [0.1, 0.15) is 0 Å². The Balaban J connectivity index is 1.39. The van der Waals surface area contributed by atoms with Gasteiger partial charge in [-0.15, -0.1) is 0 Å². The molecule has 1 unspecified atom stereocenters. The van der Waals surface area contributed by atoms with Gasteiger partial charge in [0.2, 0.25) is 12.7 Å². The number of rotatable bonds is 5. The Labute approximate surface area is 166 Å². The zero-order valence-corrected chi connectivity index (χ0v) is 15.8. The molecule has 3 aromatic rings. The van der Waals surface area contributed by atoms with E-state index in [-0.39, 0.29) is 12.7 Å². The molecular weight excluding hydrogens is 372 g/mol. The summed E-state index contributed by atoms with van der Waals surface area (Å²) >= 11 is 0. The van der Waals surface area contributed by atoms with Crippen LogP contribution >= 0.6 is 0 Å². The molecule has 1 aromatic heterocycles. The maximum Gasteiger partial charge on any atom is 0.312 e. The smallest absolute Gasteiger partial charge is 0.312 e. The van der Waals surface area contributed by atoms with E-state index in [1.807, 2.05) is 42.5 Å². The van der Waals surface area contributed by atoms with Gasteiger partial charge >= 0.3 is 5.97 Å². The minimum atomic E-state index is -0.885. The Kier molecular flexibility index (Phi) is 3.81. The summed E-state index contributed by atoms with van der Waals surface area (Å²) in [7, 11) is 0. The number of fused-ring (bicyclic) bond motifs is 2. The van der Waals surface area contributed by atoms with Crippen molar-refractivity contribution in [3.05, 3.63) is 53.7 Å². The average molecular weight is 392 g/mol. The zero-order chi connectivity index (χ0) is 20.2. The first kappa shape index (κ1) is 17.6. The van der Waals surface area contributed by atoms with Gasteiger partial charge in [-0.25, -0.2) is 0 Å². The lowest BCUT2D eigenvalue weighted by atomic mass is 9.94. The number of carbonyl (C=O) groups is 2. The van der Waals surface area contributed by atoms with E-state index in [0.717, 1.165) is 29.3 Å². The van der Waals surface area contributed by atoms with Crippen molar-refractivity contribution in [3.8, 4) is 11.5 Å². The van der Waals surface area contributed by atoms with Gasteiger partial charge in [-0.2, -0.15) is 0 Å². The van der Waals surface area contributed by atoms with Crippen LogP contribution in [0.2, 0.25) is 0 Å². The number of hydrogen-bond donors (Lipinski definition) is 3. The topological polar surface area (TPSA) is 101 Å². The van der Waals surface area contributed by atoms with Crippen LogP contribution in [0.3, 0.4) is 0 Å². The van der Waals surface area contributed by atoms with E-state index in [2.05, 4.69) is 10.3 Å². The number of ether oxygens (including phenoxy) is 2. The maximum absolute atomic E-state index is 13.1. The van der Waals surface area contributed by atoms with Gasteiger partial charge in [-0.1, -0.05) is 6.07 Å². The molecule has 0 bridgehead atoms. The van der Waals surface area contributed by atoms with E-state index in [4.69, 9.17) is 9.47 Å². The molecular formula is C22H20N2O5. The van der Waals surface area contributed by atoms with Gasteiger partial charge in [0, 0.05) is 22.3 Å². The van der Waals surface area contributed by atoms with Crippen LogP contribution in [0.1, 0.15) is 36.9 Å². The fourth-order valence-corrected chi connectivity index (χ4v) is 3.82. The molecule has 7 nitrogen and oxygen atoms in total. The summed E-state index contributed by atoms with van der Waals surface area (Å²) in [5, 5.41) is 13.1. The van der Waals surface area contributed by atoms with E-state index in [1.165, 1.54) is 0 Å². The van der Waals surface area contributed by atoms with Crippen LogP contribution in [0.25, 0.3) is 10.9 Å². The molecule has 2 aliphatic rings. The molecule has 0 saturated heterocycles. The molecule has 29 heavy (non-hydrogen) atoms. The second-order valence-electron chi connectivity index (χ2n) is 7.69. The third-order valence-corrected chi connectivity index (χ3v) is 5.85. The lowest BCUT2D eigenvalue weighted by molar-refractivity contribution is -0.138. The fraction of sp³-hybridized carbons (Fsp3) is 0.273. The minimum absolute atomic E-state index is 0.0506. The first-order valence-corrected chi connectivity index (χ1v) is 9.53. The van der Waals surface area contributed by atoms with E-state index < -0.39 is 17.3 Å². The minimum Gasteiger partial charge on any atom is -0.481 e. The van der Waals surface area contributed by atoms with Crippen molar-refractivity contribution in [2.24, 2.45) is 0 Å². The maximum atomic E-state index is 13.1. The summed E-state index contributed by atoms with van der Waals surface area (Å²) < 4.78 is 10.8. The highest BCUT2D eigenvalue weighted by Gasteiger charge is 2.51. The number of carboxylic acid groups (broad SMARTS) is 1. The number of H-pyrrole nitrogens is 1. The highest BCUT2D eigenvalue weighted by atomic mass is 16.7. The number of amides is 1. The van der Waals surface area contributed by atoms with Crippen LogP contribution in [0.5, 0.6) is 11.5 Å². The molecule has 0 spiro atoms. The number of anilines is 1. The lowest BCUT2D eigenvalue weighted by Gasteiger charge is -2.16. The van der Waals surface area contributed by atoms with Crippen LogP contribution in [0.4, 0.5) is 5.69 Å². The normalized spacial score (nSPS) is 17.1. The summed E-state index contributed by atoms with van der Waals surface area (Å²) in [6.07, 6.45) is 1.57. The molecule has 148 valence electrons. The highest BCUT2D eigenvalue weighted by Crippen LogP contribution is 2.51. The fourth-order valence-electron chi connectivity index (χ4n) is 3.82. The molecule has 3 N–H and O–H groups in total. The zero-order valence-electron chi connectivity index (χ0n) is 15.8. The lowest BCUT2D eigenvalue weighted by Crippen LogP contribution is -2.27. The summed E-state index contributed by atoms with van der Waals surface area (Å²) in [5.41, 5.74) is 2.54. The number of aliphatic carboxylic acids is 1. The predicted molar refractivity (Wildman–Crippen MR) is 106 cm³/mol. The third-order valence-electron chi connectivity index (χ3n) is 5.85. The van der Waals surface area contributed by atoms with E-state index in [0.29, 0.717) is 22.9 Å². The number of aromatic nitrogens is 1. The number of benzene rings is 2. The van der Waals surface area contributed by atoms with Crippen molar-refractivity contribution in [1.29, 1.82) is 0 Å². The Morgan fingerprint density at radius 2 is 1.90 bits per heavy atom. The molecule has 1 atom stereocenters. The van der Waals surface area contributed by atoms with E-state index in [1.54, 1.807) is 6.92 Å². The molecule has 7 heteroatoms. The molecule has 1 saturated carbocycles. The van der Waals surface area contributed by atoms with Gasteiger partial charge in [-0.3, -0.25) is 9.59 Å². The van der Waals surface area contributed by atoms with Gasteiger partial charge in [0.15, 0.2) is 11.5 Å². The van der Waals surface area contributed by atoms with Gasteiger partial charge in [-0.05, 0) is 61.7 Å². The standard InChI is InChI=1S/C22H20N2O5/c1-12(20(25)26)17-9-13-8-15(3-4-16(13)24-17)23-21(27)22(6-7-22)14-2-5-18-19(10-14)29-11-28-18/h2-5,8-10,12,24H,6-7,11H2,1H3,(H,23,27)(H,25,26). The molecule has 2 heterocycles. The molecule has 5 rings (SSSR count). The predicted octanol–water partition coefficient (Wildman–Crippen LogP) is 3.76. The van der Waals surface area contributed by atoms with Crippen molar-refractivity contribution >= 4 is 28.5 Å². The molecule has 0 radical (unpaired) electrons. The summed E-state index contributed by atoms with van der Waals surface area (Å²) in [5.74, 6) is -0.180. The van der Waals surface area contributed by atoms with E-state index >= 15 is 0 Å². The summed E-state index contributed by atoms with van der Waals surface area (Å²) in [4.78, 5) is 27.4. The molecule has 2 aromatic carbocycles. The average Bonchev–Trinajstić information content (AvgIpc) is 3.20. The number of aromatic amines is 1. The largest absolute Gasteiger partial charge is 0.481 e. The Morgan fingerprint density at radius 3 is 2.66 bits per heavy atom. The molecule has 1 fully saturated rings. The van der Waals surface area contributed by atoms with Gasteiger partial charge < -0.3 is 24.9 Å². The SMILES string of the molecule is CC(C(=O)O)c1cc2cc(NC(=O)C3(c4ccc5c(c4)OCO5)CC3)ccc2[nH]1.